The quantitative estimate of drug-likeness (QED) is 0.640. The largest absolute Gasteiger partial charge is 0.234 e. The molecule has 0 fully saturated rings. The average Bonchev–Trinajstić information content (AvgIpc) is 2.66. The summed E-state index contributed by atoms with van der Waals surface area (Å²) in [5.74, 6) is 2.50. The van der Waals surface area contributed by atoms with Crippen molar-refractivity contribution in [2.75, 3.05) is 0 Å². The third kappa shape index (κ3) is 1.85. The average molecular weight is 202 g/mol. The van der Waals surface area contributed by atoms with Crippen molar-refractivity contribution in [3.63, 3.8) is 0 Å². The number of hydrogen-bond acceptors (Lipinski definition) is 1. The van der Waals surface area contributed by atoms with Crippen molar-refractivity contribution in [1.29, 1.82) is 0 Å². The summed E-state index contributed by atoms with van der Waals surface area (Å²) in [6.07, 6.45) is 10.5. The minimum absolute atomic E-state index is 0.381. The van der Waals surface area contributed by atoms with Crippen molar-refractivity contribution in [2.24, 2.45) is 11.3 Å². The van der Waals surface area contributed by atoms with Crippen LogP contribution < -0.4 is 0 Å². The zero-order valence-corrected chi connectivity index (χ0v) is 9.55. The highest BCUT2D eigenvalue weighted by Crippen LogP contribution is 2.51. The first-order chi connectivity index (χ1) is 7.15. The summed E-state index contributed by atoms with van der Waals surface area (Å²) >= 11 is 0. The second-order valence-corrected chi connectivity index (χ2v) is 5.28. The molecule has 0 aromatic heterocycles. The first-order valence-corrected chi connectivity index (χ1v) is 5.73. The van der Waals surface area contributed by atoms with Crippen molar-refractivity contribution in [3.05, 3.63) is 29.4 Å². The maximum atomic E-state index is 10.2. The van der Waals surface area contributed by atoms with Crippen LogP contribution in [-0.2, 0) is 4.79 Å². The molecule has 0 aromatic carbocycles. The van der Waals surface area contributed by atoms with Crippen LogP contribution in [0.25, 0.3) is 0 Å². The summed E-state index contributed by atoms with van der Waals surface area (Å²) in [5, 5.41) is 0. The fraction of sp³-hybridized carbons (Fsp3) is 0.571. The molecular weight excluding hydrogens is 184 g/mol. The van der Waals surface area contributed by atoms with Crippen molar-refractivity contribution < 1.29 is 4.79 Å². The lowest BCUT2D eigenvalue weighted by molar-refractivity contribution is 0.263. The van der Waals surface area contributed by atoms with Crippen molar-refractivity contribution in [3.8, 4) is 0 Å². The number of rotatable bonds is 3. The van der Waals surface area contributed by atoms with E-state index in [4.69, 9.17) is 0 Å². The van der Waals surface area contributed by atoms with Gasteiger partial charge in [0.1, 0.15) is 5.94 Å². The minimum Gasteiger partial charge on any atom is -0.234 e. The smallest absolute Gasteiger partial charge is 0.120 e. The topological polar surface area (TPSA) is 17.1 Å². The summed E-state index contributed by atoms with van der Waals surface area (Å²) in [6.45, 7) is 4.68. The molecule has 0 aromatic rings. The van der Waals surface area contributed by atoms with Gasteiger partial charge in [-0.15, -0.1) is 0 Å². The van der Waals surface area contributed by atoms with Gasteiger partial charge in [0.05, 0.1) is 0 Å². The van der Waals surface area contributed by atoms with Gasteiger partial charge in [0.25, 0.3) is 0 Å². The molecule has 0 aliphatic heterocycles. The maximum absolute atomic E-state index is 10.2. The van der Waals surface area contributed by atoms with Crippen LogP contribution in [0.5, 0.6) is 0 Å². The molecule has 0 unspecified atom stereocenters. The molecule has 0 N–H and O–H groups in total. The van der Waals surface area contributed by atoms with Crippen molar-refractivity contribution >= 4 is 5.94 Å². The van der Waals surface area contributed by atoms with Gasteiger partial charge in [0, 0.05) is 0 Å². The van der Waals surface area contributed by atoms with E-state index in [1.165, 1.54) is 6.42 Å². The Balaban J connectivity index is 2.12. The monoisotopic (exact) mass is 202 g/mol. The van der Waals surface area contributed by atoms with Gasteiger partial charge in [-0.2, -0.15) is 0 Å². The molecule has 1 nitrogen and oxygen atoms in total. The summed E-state index contributed by atoms with van der Waals surface area (Å²) < 4.78 is 0. The Morgan fingerprint density at radius 1 is 1.60 bits per heavy atom. The Morgan fingerprint density at radius 3 is 3.13 bits per heavy atom. The molecule has 1 heteroatoms. The molecule has 2 aliphatic carbocycles. The molecule has 0 saturated carbocycles. The van der Waals surface area contributed by atoms with Crippen LogP contribution in [0.1, 0.15) is 39.5 Å². The van der Waals surface area contributed by atoms with Crippen molar-refractivity contribution in [2.45, 2.75) is 39.5 Å². The van der Waals surface area contributed by atoms with Gasteiger partial charge in [0.15, 0.2) is 0 Å². The van der Waals surface area contributed by atoms with Crippen molar-refractivity contribution in [1.82, 2.24) is 0 Å². The fourth-order valence-corrected chi connectivity index (χ4v) is 3.05. The van der Waals surface area contributed by atoms with Gasteiger partial charge in [-0.25, -0.2) is 4.79 Å². The standard InChI is InChI=1S/C14H18O/c1-14(2)10-11-6-5-7-12(11)13(14)8-3-4-9-15/h4-5,7,13H,3,6,8,10H2,1-2H3/t13-/m0/s1. The second-order valence-electron chi connectivity index (χ2n) is 5.28. The first kappa shape index (κ1) is 10.4. The number of allylic oxidation sites excluding steroid dienone is 5. The third-order valence-electron chi connectivity index (χ3n) is 3.74. The molecule has 0 bridgehead atoms. The van der Waals surface area contributed by atoms with Crippen LogP contribution in [-0.4, -0.2) is 5.94 Å². The lowest BCUT2D eigenvalue weighted by atomic mass is 9.75. The van der Waals surface area contributed by atoms with E-state index in [-0.39, 0.29) is 0 Å². The van der Waals surface area contributed by atoms with Gasteiger partial charge < -0.3 is 0 Å². The lowest BCUT2D eigenvalue weighted by Gasteiger charge is -2.29. The van der Waals surface area contributed by atoms with Crippen LogP contribution in [0, 0.1) is 11.3 Å². The molecule has 2 rings (SSSR count). The Hall–Kier alpha value is -1.07. The molecule has 0 saturated heterocycles. The normalized spacial score (nSPS) is 26.7. The predicted octanol–water partition coefficient (Wildman–Crippen LogP) is 3.46. The highest BCUT2D eigenvalue weighted by Gasteiger charge is 2.39. The van der Waals surface area contributed by atoms with E-state index < -0.39 is 0 Å². The molecule has 1 atom stereocenters. The van der Waals surface area contributed by atoms with E-state index in [0.717, 1.165) is 19.3 Å². The molecule has 2 aliphatic rings. The van der Waals surface area contributed by atoms with Gasteiger partial charge >= 0.3 is 0 Å². The van der Waals surface area contributed by atoms with Gasteiger partial charge in [-0.1, -0.05) is 31.6 Å². The van der Waals surface area contributed by atoms with E-state index in [1.807, 2.05) is 5.94 Å². The lowest BCUT2D eigenvalue weighted by Crippen LogP contribution is -2.20. The third-order valence-corrected chi connectivity index (χ3v) is 3.74. The minimum atomic E-state index is 0.381. The predicted molar refractivity (Wildman–Crippen MR) is 62.2 cm³/mol. The van der Waals surface area contributed by atoms with E-state index >= 15 is 0 Å². The molecule has 0 amide bonds. The summed E-state index contributed by atoms with van der Waals surface area (Å²) in [6, 6.07) is 0. The Labute approximate surface area is 91.6 Å². The Bertz CT molecular complexity index is 365. The van der Waals surface area contributed by atoms with Crippen LogP contribution in [0.2, 0.25) is 0 Å². The number of carbonyl (C=O) groups excluding carboxylic acids is 1. The van der Waals surface area contributed by atoms with E-state index in [2.05, 4.69) is 26.0 Å². The molecule has 0 radical (unpaired) electrons. The van der Waals surface area contributed by atoms with Gasteiger partial charge in [-0.05, 0) is 48.7 Å². The highest BCUT2D eigenvalue weighted by atomic mass is 16.1. The Kier molecular flexibility index (Phi) is 2.67. The Morgan fingerprint density at radius 2 is 2.40 bits per heavy atom. The molecule has 80 valence electrons. The number of hydrogen-bond donors (Lipinski definition) is 0. The molecule has 0 heterocycles. The maximum Gasteiger partial charge on any atom is 0.120 e. The summed E-state index contributed by atoms with van der Waals surface area (Å²) in [4.78, 5) is 10.2. The van der Waals surface area contributed by atoms with Crippen LogP contribution in [0.15, 0.2) is 29.4 Å². The highest BCUT2D eigenvalue weighted by molar-refractivity contribution is 5.45. The van der Waals surface area contributed by atoms with Crippen LogP contribution >= 0.6 is 0 Å². The van der Waals surface area contributed by atoms with Crippen LogP contribution in [0.4, 0.5) is 0 Å². The fourth-order valence-electron chi connectivity index (χ4n) is 3.05. The first-order valence-electron chi connectivity index (χ1n) is 5.73. The second kappa shape index (κ2) is 3.83. The zero-order valence-electron chi connectivity index (χ0n) is 9.55. The molecule has 0 spiro atoms. The van der Waals surface area contributed by atoms with E-state index in [9.17, 15) is 4.79 Å². The summed E-state index contributed by atoms with van der Waals surface area (Å²) in [5.41, 5.74) is 3.56. The molecular formula is C14H18O. The zero-order chi connectivity index (χ0) is 10.9. The SMILES string of the molecule is CC1(C)CC2=C(C=CC2)[C@@H]1CCC=C=O. The van der Waals surface area contributed by atoms with E-state index in [1.54, 1.807) is 17.2 Å². The van der Waals surface area contributed by atoms with Gasteiger partial charge in [0.2, 0.25) is 0 Å². The summed E-state index contributed by atoms with van der Waals surface area (Å²) in [7, 11) is 0. The van der Waals surface area contributed by atoms with Crippen LogP contribution in [0.3, 0.4) is 0 Å². The molecule has 15 heavy (non-hydrogen) atoms. The van der Waals surface area contributed by atoms with E-state index in [0.29, 0.717) is 11.3 Å². The van der Waals surface area contributed by atoms with Gasteiger partial charge in [-0.3, -0.25) is 0 Å².